The smallest absolute Gasteiger partial charge is 0.0783 e. The Morgan fingerprint density at radius 2 is 2.32 bits per heavy atom. The molecule has 0 aliphatic carbocycles. The molecule has 1 N–H and O–H groups in total. The highest BCUT2D eigenvalue weighted by atomic mass is 32.2. The Balaban J connectivity index is 1.91. The van der Waals surface area contributed by atoms with Crippen LogP contribution in [0.1, 0.15) is 40.0 Å². The molecule has 0 radical (unpaired) electrons. The van der Waals surface area contributed by atoms with Crippen LogP contribution in [-0.4, -0.2) is 49.0 Å². The van der Waals surface area contributed by atoms with Crippen molar-refractivity contribution >= 4 is 11.8 Å². The number of nitrogens with one attached hydrogen (secondary N) is 1. The highest BCUT2D eigenvalue weighted by Gasteiger charge is 2.42. The first-order valence-electron chi connectivity index (χ1n) is 7.72. The lowest BCUT2D eigenvalue weighted by molar-refractivity contribution is -0.0909. The fourth-order valence-electron chi connectivity index (χ4n) is 3.19. The zero-order valence-electron chi connectivity index (χ0n) is 12.6. The van der Waals surface area contributed by atoms with Gasteiger partial charge in [0.25, 0.3) is 0 Å². The van der Waals surface area contributed by atoms with E-state index < -0.39 is 0 Å². The number of rotatable bonds is 6. The van der Waals surface area contributed by atoms with Crippen molar-refractivity contribution in [1.82, 2.24) is 5.32 Å². The molecule has 2 aliphatic heterocycles. The lowest BCUT2D eigenvalue weighted by Crippen LogP contribution is -2.49. The standard InChI is InChI=1S/C15H29NO2S/c1-4-16-14(10-17-12(2)3)13-5-7-18-15(9-13)6-8-19-11-15/h12-14,16H,4-11H2,1-3H3. The van der Waals surface area contributed by atoms with Crippen molar-refractivity contribution in [3.05, 3.63) is 0 Å². The molecular formula is C15H29NO2S. The second-order valence-electron chi connectivity index (χ2n) is 6.13. The summed E-state index contributed by atoms with van der Waals surface area (Å²) >= 11 is 2.05. The average molecular weight is 287 g/mol. The van der Waals surface area contributed by atoms with Crippen LogP contribution in [0.3, 0.4) is 0 Å². The molecule has 3 atom stereocenters. The maximum atomic E-state index is 6.12. The maximum Gasteiger partial charge on any atom is 0.0783 e. The SMILES string of the molecule is CCNC(COC(C)C)C1CCOC2(CCSC2)C1. The number of likely N-dealkylation sites (N-methyl/N-ethyl adjacent to an activating group) is 1. The quantitative estimate of drug-likeness (QED) is 0.813. The van der Waals surface area contributed by atoms with Gasteiger partial charge in [-0.05, 0) is 51.3 Å². The molecule has 3 unspecified atom stereocenters. The van der Waals surface area contributed by atoms with Gasteiger partial charge in [0.15, 0.2) is 0 Å². The summed E-state index contributed by atoms with van der Waals surface area (Å²) in [6, 6.07) is 0.485. The Hall–Kier alpha value is 0.230. The van der Waals surface area contributed by atoms with Crippen LogP contribution in [0.15, 0.2) is 0 Å². The summed E-state index contributed by atoms with van der Waals surface area (Å²) in [5, 5.41) is 3.63. The minimum absolute atomic E-state index is 0.180. The highest BCUT2D eigenvalue weighted by molar-refractivity contribution is 7.99. The third-order valence-electron chi connectivity index (χ3n) is 4.24. The van der Waals surface area contributed by atoms with Crippen LogP contribution in [0, 0.1) is 5.92 Å². The van der Waals surface area contributed by atoms with E-state index in [1.165, 1.54) is 30.8 Å². The Morgan fingerprint density at radius 3 is 2.95 bits per heavy atom. The topological polar surface area (TPSA) is 30.5 Å². The van der Waals surface area contributed by atoms with Gasteiger partial charge in [-0.15, -0.1) is 0 Å². The molecule has 0 aromatic carbocycles. The molecule has 0 saturated carbocycles. The van der Waals surface area contributed by atoms with E-state index in [9.17, 15) is 0 Å². The van der Waals surface area contributed by atoms with Gasteiger partial charge in [0, 0.05) is 18.4 Å². The van der Waals surface area contributed by atoms with Crippen LogP contribution < -0.4 is 5.32 Å². The van der Waals surface area contributed by atoms with Crippen LogP contribution in [0.2, 0.25) is 0 Å². The Morgan fingerprint density at radius 1 is 1.47 bits per heavy atom. The monoisotopic (exact) mass is 287 g/mol. The molecule has 4 heteroatoms. The van der Waals surface area contributed by atoms with Gasteiger partial charge in [0.2, 0.25) is 0 Å². The first-order valence-corrected chi connectivity index (χ1v) is 8.87. The fraction of sp³-hybridized carbons (Fsp3) is 1.00. The minimum Gasteiger partial charge on any atom is -0.377 e. The van der Waals surface area contributed by atoms with E-state index in [4.69, 9.17) is 9.47 Å². The molecule has 0 bridgehead atoms. The molecule has 0 aromatic rings. The van der Waals surface area contributed by atoms with E-state index in [2.05, 4.69) is 26.1 Å². The molecule has 2 aliphatic rings. The first kappa shape index (κ1) is 15.6. The van der Waals surface area contributed by atoms with E-state index in [1.807, 2.05) is 11.8 Å². The lowest BCUT2D eigenvalue weighted by atomic mass is 9.81. The van der Waals surface area contributed by atoms with Gasteiger partial charge in [-0.3, -0.25) is 0 Å². The van der Waals surface area contributed by atoms with Gasteiger partial charge in [0.1, 0.15) is 0 Å². The molecule has 112 valence electrons. The summed E-state index contributed by atoms with van der Waals surface area (Å²) in [5.74, 6) is 3.15. The van der Waals surface area contributed by atoms with Gasteiger partial charge >= 0.3 is 0 Å². The third-order valence-corrected chi connectivity index (χ3v) is 5.47. The number of hydrogen-bond donors (Lipinski definition) is 1. The molecule has 2 fully saturated rings. The largest absolute Gasteiger partial charge is 0.377 e. The Labute approximate surface area is 122 Å². The predicted octanol–water partition coefficient (Wildman–Crippen LogP) is 2.69. The molecule has 19 heavy (non-hydrogen) atoms. The van der Waals surface area contributed by atoms with Crippen molar-refractivity contribution < 1.29 is 9.47 Å². The van der Waals surface area contributed by atoms with E-state index in [0.717, 1.165) is 19.8 Å². The number of hydrogen-bond acceptors (Lipinski definition) is 4. The van der Waals surface area contributed by atoms with Gasteiger partial charge in [-0.2, -0.15) is 11.8 Å². The van der Waals surface area contributed by atoms with Crippen molar-refractivity contribution in [2.75, 3.05) is 31.3 Å². The van der Waals surface area contributed by atoms with Crippen LogP contribution in [-0.2, 0) is 9.47 Å². The highest BCUT2D eigenvalue weighted by Crippen LogP contribution is 2.41. The van der Waals surface area contributed by atoms with Crippen LogP contribution in [0.25, 0.3) is 0 Å². The van der Waals surface area contributed by atoms with E-state index in [1.54, 1.807) is 0 Å². The summed E-state index contributed by atoms with van der Waals surface area (Å²) in [6.07, 6.45) is 3.93. The van der Waals surface area contributed by atoms with Gasteiger partial charge < -0.3 is 14.8 Å². The molecule has 2 saturated heterocycles. The average Bonchev–Trinajstić information content (AvgIpc) is 2.82. The van der Waals surface area contributed by atoms with Crippen LogP contribution in [0.5, 0.6) is 0 Å². The molecule has 0 amide bonds. The molecule has 1 spiro atoms. The third kappa shape index (κ3) is 4.35. The molecule has 2 rings (SSSR count). The number of ether oxygens (including phenoxy) is 2. The second-order valence-corrected chi connectivity index (χ2v) is 7.24. The first-order chi connectivity index (χ1) is 9.15. The lowest BCUT2D eigenvalue weighted by Gasteiger charge is -2.41. The van der Waals surface area contributed by atoms with E-state index in [0.29, 0.717) is 18.1 Å². The van der Waals surface area contributed by atoms with Gasteiger partial charge in [-0.25, -0.2) is 0 Å². The summed E-state index contributed by atoms with van der Waals surface area (Å²) in [5.41, 5.74) is 0.180. The molecular weight excluding hydrogens is 258 g/mol. The van der Waals surface area contributed by atoms with Gasteiger partial charge in [-0.1, -0.05) is 6.92 Å². The predicted molar refractivity (Wildman–Crippen MR) is 81.9 cm³/mol. The Kier molecular flexibility index (Phi) is 6.00. The van der Waals surface area contributed by atoms with Crippen LogP contribution in [0.4, 0.5) is 0 Å². The van der Waals surface area contributed by atoms with Crippen molar-refractivity contribution in [3.63, 3.8) is 0 Å². The normalized spacial score (nSPS) is 33.2. The molecule has 0 aromatic heterocycles. The molecule has 3 nitrogen and oxygen atoms in total. The summed E-state index contributed by atoms with van der Waals surface area (Å²) in [4.78, 5) is 0. The minimum atomic E-state index is 0.180. The second kappa shape index (κ2) is 7.30. The summed E-state index contributed by atoms with van der Waals surface area (Å²) < 4.78 is 12.0. The zero-order chi connectivity index (χ0) is 13.7. The summed E-state index contributed by atoms with van der Waals surface area (Å²) in [6.45, 7) is 9.19. The summed E-state index contributed by atoms with van der Waals surface area (Å²) in [7, 11) is 0. The van der Waals surface area contributed by atoms with Crippen LogP contribution >= 0.6 is 11.8 Å². The maximum absolute atomic E-state index is 6.12. The van der Waals surface area contributed by atoms with Crippen molar-refractivity contribution in [2.24, 2.45) is 5.92 Å². The number of thioether (sulfide) groups is 1. The fourth-order valence-corrected chi connectivity index (χ4v) is 4.57. The zero-order valence-corrected chi connectivity index (χ0v) is 13.4. The van der Waals surface area contributed by atoms with Crippen molar-refractivity contribution in [2.45, 2.75) is 57.8 Å². The molecule has 2 heterocycles. The van der Waals surface area contributed by atoms with E-state index in [-0.39, 0.29) is 5.60 Å². The van der Waals surface area contributed by atoms with E-state index >= 15 is 0 Å². The van der Waals surface area contributed by atoms with Crippen molar-refractivity contribution in [3.8, 4) is 0 Å². The van der Waals surface area contributed by atoms with Gasteiger partial charge in [0.05, 0.1) is 18.3 Å². The Bertz CT molecular complexity index is 267. The van der Waals surface area contributed by atoms with Crippen molar-refractivity contribution in [1.29, 1.82) is 0 Å².